The van der Waals surface area contributed by atoms with Gasteiger partial charge in [0.05, 0.1) is 6.61 Å². The zero-order valence-corrected chi connectivity index (χ0v) is 14.7. The normalized spacial score (nSPS) is 21.2. The standard InChI is InChI=1S/C21H28N2O/c1-2-24-18-21(11-10-19-7-4-3-5-8-19)12-14-23(17-21)16-20-9-6-13-22-15-20/h3-9,13,15H,2,10-12,14,16-18H2,1H3/t21-/m0/s1. The van der Waals surface area contributed by atoms with Crippen LogP contribution in [0.1, 0.15) is 30.9 Å². The van der Waals surface area contributed by atoms with Crippen LogP contribution in [0, 0.1) is 5.41 Å². The maximum Gasteiger partial charge on any atom is 0.0535 e. The van der Waals surface area contributed by atoms with Crippen molar-refractivity contribution < 1.29 is 4.74 Å². The van der Waals surface area contributed by atoms with Gasteiger partial charge in [-0.25, -0.2) is 0 Å². The number of nitrogens with zero attached hydrogens (tertiary/aromatic N) is 2. The van der Waals surface area contributed by atoms with Crippen LogP contribution in [0.5, 0.6) is 0 Å². The van der Waals surface area contributed by atoms with E-state index >= 15 is 0 Å². The van der Waals surface area contributed by atoms with Gasteiger partial charge < -0.3 is 4.74 Å². The Labute approximate surface area is 145 Å². The molecule has 3 heteroatoms. The first kappa shape index (κ1) is 17.1. The molecule has 1 aromatic heterocycles. The van der Waals surface area contributed by atoms with E-state index in [4.69, 9.17) is 4.74 Å². The van der Waals surface area contributed by atoms with Gasteiger partial charge in [-0.05, 0) is 49.9 Å². The number of benzene rings is 1. The molecule has 1 fully saturated rings. The third-order valence-corrected chi connectivity index (χ3v) is 5.05. The lowest BCUT2D eigenvalue weighted by Crippen LogP contribution is -2.32. The van der Waals surface area contributed by atoms with E-state index in [1.165, 1.54) is 24.0 Å². The molecule has 24 heavy (non-hydrogen) atoms. The van der Waals surface area contributed by atoms with E-state index in [9.17, 15) is 0 Å². The Bertz CT molecular complexity index is 602. The van der Waals surface area contributed by atoms with Crippen molar-refractivity contribution in [3.63, 3.8) is 0 Å². The van der Waals surface area contributed by atoms with E-state index in [1.54, 1.807) is 0 Å². The van der Waals surface area contributed by atoms with Crippen LogP contribution in [0.4, 0.5) is 0 Å². The molecule has 0 spiro atoms. The summed E-state index contributed by atoms with van der Waals surface area (Å²) in [6.07, 6.45) is 7.37. The van der Waals surface area contributed by atoms with Gasteiger partial charge in [0.2, 0.25) is 0 Å². The summed E-state index contributed by atoms with van der Waals surface area (Å²) < 4.78 is 5.87. The highest BCUT2D eigenvalue weighted by atomic mass is 16.5. The fraction of sp³-hybridized carbons (Fsp3) is 0.476. The number of likely N-dealkylation sites (tertiary alicyclic amines) is 1. The minimum atomic E-state index is 0.286. The van der Waals surface area contributed by atoms with Gasteiger partial charge >= 0.3 is 0 Å². The van der Waals surface area contributed by atoms with Crippen molar-refractivity contribution in [2.45, 2.75) is 32.7 Å². The molecule has 128 valence electrons. The van der Waals surface area contributed by atoms with Gasteiger partial charge in [0.1, 0.15) is 0 Å². The molecule has 1 saturated heterocycles. The third-order valence-electron chi connectivity index (χ3n) is 5.05. The number of aromatic nitrogens is 1. The summed E-state index contributed by atoms with van der Waals surface area (Å²) in [5.41, 5.74) is 3.01. The highest BCUT2D eigenvalue weighted by Crippen LogP contribution is 2.36. The van der Waals surface area contributed by atoms with Gasteiger partial charge in [-0.3, -0.25) is 9.88 Å². The molecule has 0 bridgehead atoms. The molecule has 2 heterocycles. The molecular formula is C21H28N2O. The molecule has 3 nitrogen and oxygen atoms in total. The SMILES string of the molecule is CCOC[C@@]1(CCc2ccccc2)CCN(Cc2cccnc2)C1. The van der Waals surface area contributed by atoms with Crippen molar-refractivity contribution in [2.24, 2.45) is 5.41 Å². The van der Waals surface area contributed by atoms with Crippen LogP contribution in [0.15, 0.2) is 54.9 Å². The van der Waals surface area contributed by atoms with Crippen molar-refractivity contribution in [1.82, 2.24) is 9.88 Å². The van der Waals surface area contributed by atoms with E-state index < -0.39 is 0 Å². The molecule has 0 radical (unpaired) electrons. The third kappa shape index (κ3) is 4.65. The minimum absolute atomic E-state index is 0.286. The first-order chi connectivity index (χ1) is 11.8. The average molecular weight is 324 g/mol. The number of ether oxygens (including phenoxy) is 1. The van der Waals surface area contributed by atoms with Crippen LogP contribution >= 0.6 is 0 Å². The predicted octanol–water partition coefficient (Wildman–Crippen LogP) is 3.94. The van der Waals surface area contributed by atoms with E-state index in [-0.39, 0.29) is 5.41 Å². The average Bonchev–Trinajstić information content (AvgIpc) is 3.03. The van der Waals surface area contributed by atoms with Gasteiger partial charge in [0, 0.05) is 37.5 Å². The Balaban J connectivity index is 1.61. The topological polar surface area (TPSA) is 25.4 Å². The Morgan fingerprint density at radius 3 is 2.71 bits per heavy atom. The Morgan fingerprint density at radius 1 is 1.12 bits per heavy atom. The van der Waals surface area contributed by atoms with E-state index in [2.05, 4.69) is 53.2 Å². The number of pyridine rings is 1. The molecule has 0 N–H and O–H groups in total. The quantitative estimate of drug-likeness (QED) is 0.735. The van der Waals surface area contributed by atoms with E-state index in [0.717, 1.165) is 39.3 Å². The fourth-order valence-electron chi connectivity index (χ4n) is 3.68. The van der Waals surface area contributed by atoms with Crippen molar-refractivity contribution in [1.29, 1.82) is 0 Å². The van der Waals surface area contributed by atoms with Crippen LogP contribution < -0.4 is 0 Å². The van der Waals surface area contributed by atoms with Gasteiger partial charge in [-0.15, -0.1) is 0 Å². The highest BCUT2D eigenvalue weighted by Gasteiger charge is 2.37. The van der Waals surface area contributed by atoms with Crippen molar-refractivity contribution in [2.75, 3.05) is 26.3 Å². The first-order valence-corrected chi connectivity index (χ1v) is 9.03. The maximum absolute atomic E-state index is 5.87. The summed E-state index contributed by atoms with van der Waals surface area (Å²) in [7, 11) is 0. The number of aryl methyl sites for hydroxylation is 1. The molecule has 1 atom stereocenters. The molecule has 1 aliphatic heterocycles. The van der Waals surface area contributed by atoms with Gasteiger partial charge in [0.15, 0.2) is 0 Å². The number of hydrogen-bond acceptors (Lipinski definition) is 3. The van der Waals surface area contributed by atoms with Crippen molar-refractivity contribution in [3.05, 3.63) is 66.0 Å². The molecule has 3 rings (SSSR count). The van der Waals surface area contributed by atoms with Crippen LogP contribution in [0.25, 0.3) is 0 Å². The van der Waals surface area contributed by atoms with Crippen molar-refractivity contribution >= 4 is 0 Å². The summed E-state index contributed by atoms with van der Waals surface area (Å²) in [5.74, 6) is 0. The van der Waals surface area contributed by atoms with Gasteiger partial charge in [0.25, 0.3) is 0 Å². The largest absolute Gasteiger partial charge is 0.381 e. The molecular weight excluding hydrogens is 296 g/mol. The molecule has 1 aromatic carbocycles. The van der Waals surface area contributed by atoms with Crippen LogP contribution in [0.3, 0.4) is 0 Å². The minimum Gasteiger partial charge on any atom is -0.381 e. The molecule has 1 aliphatic rings. The zero-order valence-electron chi connectivity index (χ0n) is 14.7. The van der Waals surface area contributed by atoms with Crippen LogP contribution in [-0.4, -0.2) is 36.2 Å². The Hall–Kier alpha value is -1.71. The summed E-state index contributed by atoms with van der Waals surface area (Å²) in [6.45, 7) is 7.03. The molecule has 2 aromatic rings. The summed E-state index contributed by atoms with van der Waals surface area (Å²) in [6, 6.07) is 15.0. The zero-order chi connectivity index (χ0) is 16.7. The predicted molar refractivity (Wildman–Crippen MR) is 97.8 cm³/mol. The lowest BCUT2D eigenvalue weighted by molar-refractivity contribution is 0.0489. The second-order valence-electron chi connectivity index (χ2n) is 6.94. The molecule has 0 saturated carbocycles. The van der Waals surface area contributed by atoms with Crippen molar-refractivity contribution in [3.8, 4) is 0 Å². The van der Waals surface area contributed by atoms with Crippen LogP contribution in [0.2, 0.25) is 0 Å². The highest BCUT2D eigenvalue weighted by molar-refractivity contribution is 5.15. The van der Waals surface area contributed by atoms with Gasteiger partial charge in [-0.2, -0.15) is 0 Å². The number of rotatable bonds is 8. The second kappa shape index (κ2) is 8.41. The van der Waals surface area contributed by atoms with Crippen LogP contribution in [-0.2, 0) is 17.7 Å². The van der Waals surface area contributed by atoms with Gasteiger partial charge in [-0.1, -0.05) is 36.4 Å². The smallest absolute Gasteiger partial charge is 0.0535 e. The van der Waals surface area contributed by atoms with E-state index in [0.29, 0.717) is 0 Å². The molecule has 0 aliphatic carbocycles. The Morgan fingerprint density at radius 2 is 1.96 bits per heavy atom. The summed E-state index contributed by atoms with van der Waals surface area (Å²) >= 11 is 0. The molecule has 0 amide bonds. The second-order valence-corrected chi connectivity index (χ2v) is 6.94. The number of hydrogen-bond donors (Lipinski definition) is 0. The first-order valence-electron chi connectivity index (χ1n) is 9.03. The Kier molecular flexibility index (Phi) is 6.00. The summed E-state index contributed by atoms with van der Waals surface area (Å²) in [5, 5.41) is 0. The fourth-order valence-corrected chi connectivity index (χ4v) is 3.68. The van der Waals surface area contributed by atoms with E-state index in [1.807, 2.05) is 18.5 Å². The lowest BCUT2D eigenvalue weighted by atomic mass is 9.82. The molecule has 0 unspecified atom stereocenters. The summed E-state index contributed by atoms with van der Waals surface area (Å²) in [4.78, 5) is 6.79. The maximum atomic E-state index is 5.87. The lowest BCUT2D eigenvalue weighted by Gasteiger charge is -2.29. The monoisotopic (exact) mass is 324 g/mol.